The monoisotopic (exact) mass is 265 g/mol. The van der Waals surface area contributed by atoms with E-state index in [1.165, 1.54) is 12.8 Å². The minimum Gasteiger partial charge on any atom is -0.332 e. The maximum Gasteiger partial charge on any atom is 0.245 e. The Morgan fingerprint density at radius 3 is 2.74 bits per heavy atom. The topological polar surface area (TPSA) is 52.7 Å². The number of carbonyl (C=O) groups excluding carboxylic acids is 2. The number of carbonyl (C=O) groups is 2. The quantitative estimate of drug-likeness (QED) is 0.793. The van der Waals surface area contributed by atoms with Crippen LogP contribution in [0.4, 0.5) is 0 Å². The molecule has 19 heavy (non-hydrogen) atoms. The molecule has 0 bridgehead atoms. The number of piperidine rings is 1. The Balaban J connectivity index is 1.55. The molecule has 0 spiro atoms. The summed E-state index contributed by atoms with van der Waals surface area (Å²) in [5.41, 5.74) is 0. The predicted molar refractivity (Wildman–Crippen MR) is 71.5 cm³/mol. The van der Waals surface area contributed by atoms with Crippen molar-refractivity contribution in [3.8, 4) is 0 Å². The normalized spacial score (nSPS) is 28.9. The van der Waals surface area contributed by atoms with Gasteiger partial charge in [-0.3, -0.25) is 9.59 Å². The van der Waals surface area contributed by atoms with E-state index in [1.807, 2.05) is 0 Å². The van der Waals surface area contributed by atoms with Gasteiger partial charge in [0.05, 0.1) is 6.54 Å². The lowest BCUT2D eigenvalue weighted by Crippen LogP contribution is -2.57. The molecule has 1 atom stereocenters. The first-order valence-electron chi connectivity index (χ1n) is 7.54. The molecule has 2 amide bonds. The SMILES string of the molecule is O=C1C2CCCN2C(=O)CN1CCC1CCNCC1. The van der Waals surface area contributed by atoms with Crippen molar-refractivity contribution >= 4 is 11.8 Å². The van der Waals surface area contributed by atoms with Crippen LogP contribution < -0.4 is 5.32 Å². The summed E-state index contributed by atoms with van der Waals surface area (Å²) in [6.07, 6.45) is 5.28. The van der Waals surface area contributed by atoms with Crippen molar-refractivity contribution in [2.75, 3.05) is 32.7 Å². The van der Waals surface area contributed by atoms with Crippen molar-refractivity contribution in [1.29, 1.82) is 0 Å². The molecule has 0 aromatic rings. The fourth-order valence-electron chi connectivity index (χ4n) is 3.56. The van der Waals surface area contributed by atoms with Gasteiger partial charge in [-0.15, -0.1) is 0 Å². The third kappa shape index (κ3) is 2.61. The smallest absolute Gasteiger partial charge is 0.245 e. The molecule has 3 aliphatic heterocycles. The van der Waals surface area contributed by atoms with Crippen molar-refractivity contribution < 1.29 is 9.59 Å². The van der Waals surface area contributed by atoms with Crippen molar-refractivity contribution in [2.45, 2.75) is 38.1 Å². The highest BCUT2D eigenvalue weighted by atomic mass is 16.2. The second-order valence-corrected chi connectivity index (χ2v) is 5.99. The van der Waals surface area contributed by atoms with Gasteiger partial charge in [0.25, 0.3) is 0 Å². The number of nitrogens with zero attached hydrogens (tertiary/aromatic N) is 2. The van der Waals surface area contributed by atoms with Crippen LogP contribution in [0.15, 0.2) is 0 Å². The first-order valence-corrected chi connectivity index (χ1v) is 7.54. The minimum absolute atomic E-state index is 0.144. The predicted octanol–water partition coefficient (Wildman–Crippen LogP) is 0.209. The molecule has 5 heteroatoms. The lowest BCUT2D eigenvalue weighted by atomic mass is 9.94. The molecule has 0 aromatic carbocycles. The highest BCUT2D eigenvalue weighted by molar-refractivity contribution is 5.95. The van der Waals surface area contributed by atoms with Crippen molar-refractivity contribution in [1.82, 2.24) is 15.1 Å². The van der Waals surface area contributed by atoms with Gasteiger partial charge in [-0.2, -0.15) is 0 Å². The molecule has 0 saturated carbocycles. The Morgan fingerprint density at radius 2 is 1.95 bits per heavy atom. The van der Waals surface area contributed by atoms with Crippen LogP contribution in [-0.4, -0.2) is 60.4 Å². The summed E-state index contributed by atoms with van der Waals surface area (Å²) < 4.78 is 0. The summed E-state index contributed by atoms with van der Waals surface area (Å²) in [5, 5.41) is 3.36. The molecule has 3 aliphatic rings. The molecule has 0 aromatic heterocycles. The van der Waals surface area contributed by atoms with Crippen LogP contribution in [0.1, 0.15) is 32.1 Å². The number of piperazine rings is 1. The largest absolute Gasteiger partial charge is 0.332 e. The summed E-state index contributed by atoms with van der Waals surface area (Å²) >= 11 is 0. The standard InChI is InChI=1S/C14H23N3O2/c18-13-10-16(9-5-11-3-6-15-7-4-11)14(19)12-2-1-8-17(12)13/h11-12,15H,1-10H2. The van der Waals surface area contributed by atoms with Gasteiger partial charge in [-0.05, 0) is 51.1 Å². The van der Waals surface area contributed by atoms with E-state index in [9.17, 15) is 9.59 Å². The molecule has 3 fully saturated rings. The van der Waals surface area contributed by atoms with E-state index < -0.39 is 0 Å². The first-order chi connectivity index (χ1) is 9.25. The maximum absolute atomic E-state index is 12.3. The number of hydrogen-bond acceptors (Lipinski definition) is 3. The van der Waals surface area contributed by atoms with Crippen LogP contribution in [0.5, 0.6) is 0 Å². The molecule has 5 nitrogen and oxygen atoms in total. The van der Waals surface area contributed by atoms with Crippen LogP contribution in [0.3, 0.4) is 0 Å². The van der Waals surface area contributed by atoms with Gasteiger partial charge in [-0.1, -0.05) is 0 Å². The Labute approximate surface area is 114 Å². The third-order valence-electron chi connectivity index (χ3n) is 4.76. The van der Waals surface area contributed by atoms with Gasteiger partial charge >= 0.3 is 0 Å². The third-order valence-corrected chi connectivity index (χ3v) is 4.76. The summed E-state index contributed by atoms with van der Waals surface area (Å²) in [6, 6.07) is -0.144. The van der Waals surface area contributed by atoms with Crippen LogP contribution in [0.2, 0.25) is 0 Å². The van der Waals surface area contributed by atoms with E-state index in [0.717, 1.165) is 45.4 Å². The second-order valence-electron chi connectivity index (χ2n) is 5.99. The average Bonchev–Trinajstić information content (AvgIpc) is 2.92. The number of nitrogens with one attached hydrogen (secondary N) is 1. The van der Waals surface area contributed by atoms with E-state index >= 15 is 0 Å². The van der Waals surface area contributed by atoms with Crippen molar-refractivity contribution in [3.63, 3.8) is 0 Å². The average molecular weight is 265 g/mol. The molecule has 106 valence electrons. The molecule has 1 N–H and O–H groups in total. The number of rotatable bonds is 3. The second kappa shape index (κ2) is 5.49. The fourth-order valence-corrected chi connectivity index (χ4v) is 3.56. The van der Waals surface area contributed by atoms with E-state index in [2.05, 4.69) is 5.32 Å². The molecular weight excluding hydrogens is 242 g/mol. The van der Waals surface area contributed by atoms with E-state index in [-0.39, 0.29) is 17.9 Å². The zero-order valence-corrected chi connectivity index (χ0v) is 11.4. The number of hydrogen-bond donors (Lipinski definition) is 1. The fraction of sp³-hybridized carbons (Fsp3) is 0.857. The number of fused-ring (bicyclic) bond motifs is 1. The first kappa shape index (κ1) is 12.9. The zero-order valence-electron chi connectivity index (χ0n) is 11.4. The summed E-state index contributed by atoms with van der Waals surface area (Å²) in [5.74, 6) is 1.05. The van der Waals surface area contributed by atoms with Gasteiger partial charge < -0.3 is 15.1 Å². The van der Waals surface area contributed by atoms with Crippen molar-refractivity contribution in [2.24, 2.45) is 5.92 Å². The number of amides is 2. The van der Waals surface area contributed by atoms with Gasteiger partial charge in [-0.25, -0.2) is 0 Å². The van der Waals surface area contributed by atoms with Gasteiger partial charge in [0.2, 0.25) is 11.8 Å². The molecule has 0 aliphatic carbocycles. The lowest BCUT2D eigenvalue weighted by Gasteiger charge is -2.37. The lowest BCUT2D eigenvalue weighted by molar-refractivity contribution is -0.153. The molecule has 3 heterocycles. The highest BCUT2D eigenvalue weighted by Crippen LogP contribution is 2.24. The van der Waals surface area contributed by atoms with Crippen LogP contribution >= 0.6 is 0 Å². The Hall–Kier alpha value is -1.10. The molecule has 3 rings (SSSR count). The highest BCUT2D eigenvalue weighted by Gasteiger charge is 2.41. The van der Waals surface area contributed by atoms with Crippen LogP contribution in [0.25, 0.3) is 0 Å². The van der Waals surface area contributed by atoms with Gasteiger partial charge in [0.1, 0.15) is 6.04 Å². The molecule has 0 radical (unpaired) electrons. The zero-order chi connectivity index (χ0) is 13.2. The summed E-state index contributed by atoms with van der Waals surface area (Å²) in [7, 11) is 0. The molecular formula is C14H23N3O2. The Bertz CT molecular complexity index is 366. The van der Waals surface area contributed by atoms with Crippen LogP contribution in [-0.2, 0) is 9.59 Å². The molecule has 3 saturated heterocycles. The van der Waals surface area contributed by atoms with E-state index in [1.54, 1.807) is 9.80 Å². The minimum atomic E-state index is -0.144. The van der Waals surface area contributed by atoms with Crippen molar-refractivity contribution in [3.05, 3.63) is 0 Å². The van der Waals surface area contributed by atoms with Crippen LogP contribution in [0, 0.1) is 5.92 Å². The maximum atomic E-state index is 12.3. The summed E-state index contributed by atoms with van der Waals surface area (Å²) in [6.45, 7) is 4.03. The van der Waals surface area contributed by atoms with E-state index in [4.69, 9.17) is 0 Å². The Kier molecular flexibility index (Phi) is 3.73. The van der Waals surface area contributed by atoms with E-state index in [0.29, 0.717) is 12.5 Å². The molecule has 1 unspecified atom stereocenters. The Morgan fingerprint density at radius 1 is 1.16 bits per heavy atom. The van der Waals surface area contributed by atoms with Gasteiger partial charge in [0, 0.05) is 13.1 Å². The summed E-state index contributed by atoms with van der Waals surface area (Å²) in [4.78, 5) is 27.9. The van der Waals surface area contributed by atoms with Gasteiger partial charge in [0.15, 0.2) is 0 Å².